The summed E-state index contributed by atoms with van der Waals surface area (Å²) in [4.78, 5) is 22.0. The highest BCUT2D eigenvalue weighted by molar-refractivity contribution is 6.30. The number of hydrogen-bond donors (Lipinski definition) is 1. The average molecular weight is 387 g/mol. The van der Waals surface area contributed by atoms with Crippen molar-refractivity contribution in [3.05, 3.63) is 53.2 Å². The molecule has 1 fully saturated rings. The Morgan fingerprint density at radius 1 is 1.22 bits per heavy atom. The predicted octanol–water partition coefficient (Wildman–Crippen LogP) is 4.18. The second kappa shape index (κ2) is 9.20. The number of nitrogens with zero attached hydrogens (tertiary/aromatic N) is 3. The first-order valence-electron chi connectivity index (χ1n) is 9.62. The van der Waals surface area contributed by atoms with E-state index in [-0.39, 0.29) is 11.9 Å². The predicted molar refractivity (Wildman–Crippen MR) is 111 cm³/mol. The van der Waals surface area contributed by atoms with Crippen molar-refractivity contribution in [1.29, 1.82) is 0 Å². The summed E-state index contributed by atoms with van der Waals surface area (Å²) in [5.41, 5.74) is 1.78. The second-order valence-corrected chi connectivity index (χ2v) is 7.22. The molecule has 0 bridgehead atoms. The van der Waals surface area contributed by atoms with Crippen LogP contribution in [-0.2, 0) is 11.3 Å². The fourth-order valence-electron chi connectivity index (χ4n) is 3.56. The highest BCUT2D eigenvalue weighted by atomic mass is 35.5. The first-order chi connectivity index (χ1) is 13.1. The number of anilines is 2. The lowest BCUT2D eigenvalue weighted by Crippen LogP contribution is -2.39. The van der Waals surface area contributed by atoms with Crippen LogP contribution < -0.4 is 10.2 Å². The Bertz CT molecular complexity index is 761. The molecule has 1 aromatic heterocycles. The van der Waals surface area contributed by atoms with Gasteiger partial charge >= 0.3 is 0 Å². The van der Waals surface area contributed by atoms with Gasteiger partial charge in [-0.15, -0.1) is 0 Å². The SMILES string of the molecule is CCN(CC)c1cccc(CN2CCC[C@H]2C(=O)Nc2ccc(Cl)cc2)n1. The molecule has 144 valence electrons. The van der Waals surface area contributed by atoms with Crippen LogP contribution in [0.5, 0.6) is 0 Å². The van der Waals surface area contributed by atoms with Gasteiger partial charge in [0, 0.05) is 30.3 Å². The monoisotopic (exact) mass is 386 g/mol. The molecule has 0 spiro atoms. The Labute approximate surface area is 166 Å². The van der Waals surface area contributed by atoms with E-state index < -0.39 is 0 Å². The van der Waals surface area contributed by atoms with E-state index in [2.05, 4.69) is 35.0 Å². The van der Waals surface area contributed by atoms with Crippen LogP contribution in [0.1, 0.15) is 32.4 Å². The van der Waals surface area contributed by atoms with Gasteiger partial charge in [-0.2, -0.15) is 0 Å². The number of hydrogen-bond acceptors (Lipinski definition) is 4. The van der Waals surface area contributed by atoms with Crippen molar-refractivity contribution in [2.24, 2.45) is 0 Å². The number of carbonyl (C=O) groups is 1. The molecule has 2 heterocycles. The first-order valence-corrected chi connectivity index (χ1v) is 10.00. The van der Waals surface area contributed by atoms with Crippen molar-refractivity contribution in [3.63, 3.8) is 0 Å². The smallest absolute Gasteiger partial charge is 0.241 e. The molecule has 1 atom stereocenters. The van der Waals surface area contributed by atoms with Crippen molar-refractivity contribution in [2.75, 3.05) is 29.9 Å². The summed E-state index contributed by atoms with van der Waals surface area (Å²) in [6.07, 6.45) is 1.89. The summed E-state index contributed by atoms with van der Waals surface area (Å²) in [5, 5.41) is 3.67. The number of carbonyl (C=O) groups excluding carboxylic acids is 1. The normalized spacial score (nSPS) is 17.1. The summed E-state index contributed by atoms with van der Waals surface area (Å²) in [5.74, 6) is 1.04. The van der Waals surface area contributed by atoms with Gasteiger partial charge in [0.25, 0.3) is 0 Å². The van der Waals surface area contributed by atoms with E-state index in [1.165, 1.54) is 0 Å². The van der Waals surface area contributed by atoms with E-state index in [0.29, 0.717) is 11.6 Å². The number of aromatic nitrogens is 1. The van der Waals surface area contributed by atoms with Crippen LogP contribution >= 0.6 is 11.6 Å². The molecular weight excluding hydrogens is 360 g/mol. The minimum Gasteiger partial charge on any atom is -0.357 e. The molecule has 1 amide bonds. The number of amides is 1. The van der Waals surface area contributed by atoms with Gasteiger partial charge < -0.3 is 10.2 Å². The molecule has 1 aromatic carbocycles. The zero-order chi connectivity index (χ0) is 19.2. The minimum atomic E-state index is -0.125. The lowest BCUT2D eigenvalue weighted by atomic mass is 10.2. The van der Waals surface area contributed by atoms with E-state index in [4.69, 9.17) is 16.6 Å². The Balaban J connectivity index is 1.66. The number of rotatable bonds is 7. The maximum Gasteiger partial charge on any atom is 0.241 e. The minimum absolute atomic E-state index is 0.0368. The van der Waals surface area contributed by atoms with Crippen LogP contribution in [0.15, 0.2) is 42.5 Å². The van der Waals surface area contributed by atoms with Crippen molar-refractivity contribution >= 4 is 29.0 Å². The Hall–Kier alpha value is -2.11. The van der Waals surface area contributed by atoms with Gasteiger partial charge in [0.05, 0.1) is 11.7 Å². The third kappa shape index (κ3) is 4.99. The number of nitrogens with one attached hydrogen (secondary N) is 1. The highest BCUT2D eigenvalue weighted by Gasteiger charge is 2.31. The number of pyridine rings is 1. The van der Waals surface area contributed by atoms with Crippen LogP contribution in [0.2, 0.25) is 5.02 Å². The molecule has 0 unspecified atom stereocenters. The average Bonchev–Trinajstić information content (AvgIpc) is 3.13. The zero-order valence-corrected chi connectivity index (χ0v) is 16.7. The fourth-order valence-corrected chi connectivity index (χ4v) is 3.68. The Morgan fingerprint density at radius 2 is 1.96 bits per heavy atom. The van der Waals surface area contributed by atoms with E-state index in [9.17, 15) is 4.79 Å². The molecule has 27 heavy (non-hydrogen) atoms. The van der Waals surface area contributed by atoms with E-state index >= 15 is 0 Å². The molecule has 1 aliphatic rings. The molecule has 3 rings (SSSR count). The molecule has 5 nitrogen and oxygen atoms in total. The summed E-state index contributed by atoms with van der Waals surface area (Å²) < 4.78 is 0. The summed E-state index contributed by atoms with van der Waals surface area (Å²) in [7, 11) is 0. The number of halogens is 1. The third-order valence-electron chi connectivity index (χ3n) is 5.02. The summed E-state index contributed by atoms with van der Waals surface area (Å²) >= 11 is 5.91. The zero-order valence-electron chi connectivity index (χ0n) is 16.0. The molecule has 0 aliphatic carbocycles. The van der Waals surface area contributed by atoms with Gasteiger partial charge in [0.15, 0.2) is 0 Å². The standard InChI is InChI=1S/C21H27ClN4O/c1-3-25(4-2)20-9-5-7-18(23-20)15-26-14-6-8-19(26)21(27)24-17-12-10-16(22)11-13-17/h5,7,9-13,19H,3-4,6,8,14-15H2,1-2H3,(H,24,27)/t19-/m0/s1. The maximum atomic E-state index is 12.8. The van der Waals surface area contributed by atoms with E-state index in [1.54, 1.807) is 12.1 Å². The van der Waals surface area contributed by atoms with Crippen LogP contribution in [0.4, 0.5) is 11.5 Å². The molecule has 0 saturated carbocycles. The molecule has 1 N–H and O–H groups in total. The molecule has 1 aliphatic heterocycles. The largest absolute Gasteiger partial charge is 0.357 e. The van der Waals surface area contributed by atoms with Crippen molar-refractivity contribution < 1.29 is 4.79 Å². The molecule has 6 heteroatoms. The molecular formula is C21H27ClN4O. The van der Waals surface area contributed by atoms with E-state index in [1.807, 2.05) is 24.3 Å². The van der Waals surface area contributed by atoms with Crippen molar-refractivity contribution in [1.82, 2.24) is 9.88 Å². The summed E-state index contributed by atoms with van der Waals surface area (Å²) in [6, 6.07) is 13.2. The number of benzene rings is 1. The van der Waals surface area contributed by atoms with Gasteiger partial charge in [-0.1, -0.05) is 17.7 Å². The second-order valence-electron chi connectivity index (χ2n) is 6.78. The maximum absolute atomic E-state index is 12.8. The highest BCUT2D eigenvalue weighted by Crippen LogP contribution is 2.22. The summed E-state index contributed by atoms with van der Waals surface area (Å²) in [6.45, 7) is 7.74. The van der Waals surface area contributed by atoms with Crippen LogP contribution in [0.25, 0.3) is 0 Å². The van der Waals surface area contributed by atoms with Crippen LogP contribution in [0.3, 0.4) is 0 Å². The fraction of sp³-hybridized carbons (Fsp3) is 0.429. The lowest BCUT2D eigenvalue weighted by Gasteiger charge is -2.25. The van der Waals surface area contributed by atoms with Gasteiger partial charge in [-0.3, -0.25) is 9.69 Å². The quantitative estimate of drug-likeness (QED) is 0.775. The van der Waals surface area contributed by atoms with Gasteiger partial charge in [-0.05, 0) is 69.6 Å². The number of likely N-dealkylation sites (tertiary alicyclic amines) is 1. The molecule has 2 aromatic rings. The topological polar surface area (TPSA) is 48.5 Å². The van der Waals surface area contributed by atoms with E-state index in [0.717, 1.165) is 49.7 Å². The van der Waals surface area contributed by atoms with Crippen molar-refractivity contribution in [3.8, 4) is 0 Å². The molecule has 1 saturated heterocycles. The Morgan fingerprint density at radius 3 is 2.67 bits per heavy atom. The molecule has 0 radical (unpaired) electrons. The van der Waals surface area contributed by atoms with Gasteiger partial charge in [-0.25, -0.2) is 4.98 Å². The van der Waals surface area contributed by atoms with Crippen molar-refractivity contribution in [2.45, 2.75) is 39.3 Å². The first kappa shape index (κ1) is 19.6. The van der Waals surface area contributed by atoms with Crippen LogP contribution in [-0.4, -0.2) is 41.5 Å². The van der Waals surface area contributed by atoms with Crippen LogP contribution in [0, 0.1) is 0 Å². The third-order valence-corrected chi connectivity index (χ3v) is 5.27. The Kier molecular flexibility index (Phi) is 6.69. The van der Waals surface area contributed by atoms with Gasteiger partial charge in [0.1, 0.15) is 5.82 Å². The van der Waals surface area contributed by atoms with Gasteiger partial charge in [0.2, 0.25) is 5.91 Å². The lowest BCUT2D eigenvalue weighted by molar-refractivity contribution is -0.120.